The van der Waals surface area contributed by atoms with E-state index in [0.717, 1.165) is 12.8 Å². The second kappa shape index (κ2) is 4.57. The van der Waals surface area contributed by atoms with Crippen molar-refractivity contribution in [3.63, 3.8) is 0 Å². The topological polar surface area (TPSA) is 75.4 Å². The maximum Gasteiger partial charge on any atom is 0.323 e. The molecule has 6 heteroatoms. The molecule has 0 aromatic carbocycles. The Labute approximate surface area is 98.9 Å². The van der Waals surface area contributed by atoms with Gasteiger partial charge in [0.1, 0.15) is 12.2 Å². The van der Waals surface area contributed by atoms with E-state index in [1.807, 2.05) is 0 Å². The van der Waals surface area contributed by atoms with Gasteiger partial charge in [-0.1, -0.05) is 0 Å². The number of aliphatic carboxylic acids is 1. The standard InChI is InChI=1S/C11H15N3O3/c1-13-5-9(12-7-13)11(17)14(6-10(15)16)4-8-2-3-8/h5,7-8H,2-4,6H2,1H3,(H,15,16). The van der Waals surface area contributed by atoms with E-state index in [1.165, 1.54) is 11.2 Å². The molecular weight excluding hydrogens is 222 g/mol. The summed E-state index contributed by atoms with van der Waals surface area (Å²) in [7, 11) is 1.77. The molecule has 1 aliphatic carbocycles. The minimum absolute atomic E-state index is 0.258. The fraction of sp³-hybridized carbons (Fsp3) is 0.545. The van der Waals surface area contributed by atoms with Crippen LogP contribution in [0.25, 0.3) is 0 Å². The van der Waals surface area contributed by atoms with Gasteiger partial charge in [-0.2, -0.15) is 0 Å². The van der Waals surface area contributed by atoms with Gasteiger partial charge in [0.2, 0.25) is 0 Å². The van der Waals surface area contributed by atoms with Gasteiger partial charge in [0.15, 0.2) is 0 Å². The van der Waals surface area contributed by atoms with Crippen LogP contribution in [0.15, 0.2) is 12.5 Å². The Hall–Kier alpha value is -1.85. The number of aromatic nitrogens is 2. The Balaban J connectivity index is 2.07. The number of hydrogen-bond donors (Lipinski definition) is 1. The van der Waals surface area contributed by atoms with Crippen LogP contribution in [-0.2, 0) is 11.8 Å². The fourth-order valence-corrected chi connectivity index (χ4v) is 1.68. The van der Waals surface area contributed by atoms with Crippen LogP contribution in [0.3, 0.4) is 0 Å². The van der Waals surface area contributed by atoms with Crippen molar-refractivity contribution in [3.05, 3.63) is 18.2 Å². The highest BCUT2D eigenvalue weighted by molar-refractivity contribution is 5.94. The van der Waals surface area contributed by atoms with Gasteiger partial charge in [0, 0.05) is 19.8 Å². The van der Waals surface area contributed by atoms with Gasteiger partial charge < -0.3 is 14.6 Å². The molecule has 0 saturated heterocycles. The van der Waals surface area contributed by atoms with Crippen LogP contribution < -0.4 is 0 Å². The molecule has 6 nitrogen and oxygen atoms in total. The first-order chi connectivity index (χ1) is 8.06. The summed E-state index contributed by atoms with van der Waals surface area (Å²) in [4.78, 5) is 28.1. The van der Waals surface area contributed by atoms with Crippen molar-refractivity contribution in [2.75, 3.05) is 13.1 Å². The highest BCUT2D eigenvalue weighted by atomic mass is 16.4. The smallest absolute Gasteiger partial charge is 0.323 e. The highest BCUT2D eigenvalue weighted by Crippen LogP contribution is 2.30. The van der Waals surface area contributed by atoms with E-state index < -0.39 is 5.97 Å². The van der Waals surface area contributed by atoms with Crippen LogP contribution in [0.2, 0.25) is 0 Å². The van der Waals surface area contributed by atoms with Crippen molar-refractivity contribution < 1.29 is 14.7 Å². The fourth-order valence-electron chi connectivity index (χ4n) is 1.68. The molecule has 1 aliphatic rings. The molecular formula is C11H15N3O3. The summed E-state index contributed by atoms with van der Waals surface area (Å²) >= 11 is 0. The average Bonchev–Trinajstić information content (AvgIpc) is 2.96. The van der Waals surface area contributed by atoms with Crippen LogP contribution in [-0.4, -0.2) is 44.5 Å². The zero-order valence-electron chi connectivity index (χ0n) is 9.67. The Morgan fingerprint density at radius 3 is 2.76 bits per heavy atom. The normalized spacial score (nSPS) is 14.6. The molecule has 0 atom stereocenters. The molecule has 0 unspecified atom stereocenters. The molecule has 0 aliphatic heterocycles. The number of carbonyl (C=O) groups excluding carboxylic acids is 1. The van der Waals surface area contributed by atoms with E-state index in [2.05, 4.69) is 4.98 Å². The number of aryl methyl sites for hydroxylation is 1. The lowest BCUT2D eigenvalue weighted by atomic mass is 10.3. The van der Waals surface area contributed by atoms with Crippen LogP contribution in [0, 0.1) is 5.92 Å². The van der Waals surface area contributed by atoms with Crippen molar-refractivity contribution in [2.45, 2.75) is 12.8 Å². The molecule has 17 heavy (non-hydrogen) atoms. The maximum atomic E-state index is 12.0. The average molecular weight is 237 g/mol. The van der Waals surface area contributed by atoms with Crippen LogP contribution in [0.1, 0.15) is 23.3 Å². The first-order valence-corrected chi connectivity index (χ1v) is 5.55. The number of amides is 1. The number of carboxylic acid groups (broad SMARTS) is 1. The van der Waals surface area contributed by atoms with Crippen molar-refractivity contribution in [2.24, 2.45) is 13.0 Å². The lowest BCUT2D eigenvalue weighted by Gasteiger charge is -2.19. The first-order valence-electron chi connectivity index (χ1n) is 5.55. The second-order valence-corrected chi connectivity index (χ2v) is 4.45. The molecule has 2 rings (SSSR count). The number of imidazole rings is 1. The third-order valence-electron chi connectivity index (χ3n) is 2.71. The molecule has 1 heterocycles. The predicted octanol–water partition coefficient (Wildman–Crippen LogP) is 0.357. The minimum Gasteiger partial charge on any atom is -0.480 e. The van der Waals surface area contributed by atoms with E-state index >= 15 is 0 Å². The van der Waals surface area contributed by atoms with E-state index in [1.54, 1.807) is 17.8 Å². The molecule has 1 saturated carbocycles. The molecule has 1 aromatic rings. The lowest BCUT2D eigenvalue weighted by molar-refractivity contribution is -0.137. The minimum atomic E-state index is -0.991. The maximum absolute atomic E-state index is 12.0. The van der Waals surface area contributed by atoms with Crippen molar-refractivity contribution >= 4 is 11.9 Å². The lowest BCUT2D eigenvalue weighted by Crippen LogP contribution is -2.37. The number of hydrogen-bond acceptors (Lipinski definition) is 3. The summed E-state index contributed by atoms with van der Waals surface area (Å²) in [5.74, 6) is -0.836. The monoisotopic (exact) mass is 237 g/mol. The van der Waals surface area contributed by atoms with Gasteiger partial charge in [-0.25, -0.2) is 4.98 Å². The molecule has 0 spiro atoms. The van der Waals surface area contributed by atoms with Gasteiger partial charge in [0.05, 0.1) is 6.33 Å². The largest absolute Gasteiger partial charge is 0.480 e. The second-order valence-electron chi connectivity index (χ2n) is 4.45. The van der Waals surface area contributed by atoms with E-state index in [0.29, 0.717) is 18.2 Å². The molecule has 92 valence electrons. The molecule has 1 aromatic heterocycles. The Bertz CT molecular complexity index is 437. The summed E-state index contributed by atoms with van der Waals surface area (Å²) in [5, 5.41) is 8.80. The SMILES string of the molecule is Cn1cnc(C(=O)N(CC(=O)O)CC2CC2)c1. The molecule has 1 N–H and O–H groups in total. The summed E-state index contributed by atoms with van der Waals surface area (Å²) < 4.78 is 1.67. The summed E-state index contributed by atoms with van der Waals surface area (Å²) in [6.45, 7) is 0.258. The Morgan fingerprint density at radius 2 is 2.29 bits per heavy atom. The van der Waals surface area contributed by atoms with Crippen LogP contribution >= 0.6 is 0 Å². The Morgan fingerprint density at radius 1 is 1.59 bits per heavy atom. The molecule has 1 fully saturated rings. The van der Waals surface area contributed by atoms with E-state index in [9.17, 15) is 9.59 Å². The van der Waals surface area contributed by atoms with Gasteiger partial charge >= 0.3 is 5.97 Å². The van der Waals surface area contributed by atoms with Crippen molar-refractivity contribution in [1.29, 1.82) is 0 Å². The van der Waals surface area contributed by atoms with Crippen LogP contribution in [0.4, 0.5) is 0 Å². The van der Waals surface area contributed by atoms with Gasteiger partial charge in [-0.15, -0.1) is 0 Å². The van der Waals surface area contributed by atoms with Crippen molar-refractivity contribution in [3.8, 4) is 0 Å². The first kappa shape index (κ1) is 11.6. The molecule has 0 bridgehead atoms. The number of carbonyl (C=O) groups is 2. The van der Waals surface area contributed by atoms with E-state index in [4.69, 9.17) is 5.11 Å². The quantitative estimate of drug-likeness (QED) is 0.802. The predicted molar refractivity (Wildman–Crippen MR) is 59.5 cm³/mol. The number of carboxylic acids is 1. The van der Waals surface area contributed by atoms with E-state index in [-0.39, 0.29) is 12.5 Å². The van der Waals surface area contributed by atoms with Gasteiger partial charge in [0.25, 0.3) is 5.91 Å². The third kappa shape index (κ3) is 3.05. The summed E-state index contributed by atoms with van der Waals surface area (Å²) in [5.41, 5.74) is 0.300. The number of rotatable bonds is 5. The molecule has 0 radical (unpaired) electrons. The third-order valence-corrected chi connectivity index (χ3v) is 2.71. The molecule has 1 amide bonds. The zero-order chi connectivity index (χ0) is 12.4. The Kier molecular flexibility index (Phi) is 3.12. The van der Waals surface area contributed by atoms with Gasteiger partial charge in [-0.05, 0) is 18.8 Å². The number of nitrogens with zero attached hydrogens (tertiary/aromatic N) is 3. The summed E-state index contributed by atoms with van der Waals surface area (Å²) in [6.07, 6.45) is 5.28. The highest BCUT2D eigenvalue weighted by Gasteiger charge is 2.29. The summed E-state index contributed by atoms with van der Waals surface area (Å²) in [6, 6.07) is 0. The van der Waals surface area contributed by atoms with Gasteiger partial charge in [-0.3, -0.25) is 9.59 Å². The van der Waals surface area contributed by atoms with Crippen molar-refractivity contribution in [1.82, 2.24) is 14.5 Å². The van der Waals surface area contributed by atoms with Crippen LogP contribution in [0.5, 0.6) is 0 Å². The zero-order valence-corrected chi connectivity index (χ0v) is 9.67.